The van der Waals surface area contributed by atoms with E-state index in [1.165, 1.54) is 0 Å². The van der Waals surface area contributed by atoms with Gasteiger partial charge in [-0.3, -0.25) is 0 Å². The predicted molar refractivity (Wildman–Crippen MR) is 95.7 cm³/mol. The summed E-state index contributed by atoms with van der Waals surface area (Å²) >= 11 is 0. The van der Waals surface area contributed by atoms with Crippen molar-refractivity contribution in [2.45, 2.75) is 31.6 Å². The standard InChI is InChI=1S/C17H23N3O2S/c1-3-4-10-19-15-11-13(2)12-16(23(18,21)22)17(15)20-14-8-6-5-7-9-14/h5-9,11-12,19-20H,3-4,10H2,1-2H3,(H2,18,21,22). The Morgan fingerprint density at radius 1 is 1.13 bits per heavy atom. The SMILES string of the molecule is CCCCNc1cc(C)cc(S(N)(=O)=O)c1Nc1ccccc1. The molecule has 0 unspecified atom stereocenters. The first-order valence-corrected chi connectivity index (χ1v) is 9.20. The van der Waals surface area contributed by atoms with Crippen molar-refractivity contribution in [3.63, 3.8) is 0 Å². The molecule has 0 heterocycles. The lowest BCUT2D eigenvalue weighted by Gasteiger charge is -2.18. The summed E-state index contributed by atoms with van der Waals surface area (Å²) in [4.78, 5) is 0.0975. The summed E-state index contributed by atoms with van der Waals surface area (Å²) in [6, 6.07) is 12.9. The second-order valence-electron chi connectivity index (χ2n) is 5.50. The summed E-state index contributed by atoms with van der Waals surface area (Å²) in [7, 11) is -3.83. The molecular weight excluding hydrogens is 310 g/mol. The lowest BCUT2D eigenvalue weighted by molar-refractivity contribution is 0.598. The molecule has 2 aromatic rings. The van der Waals surface area contributed by atoms with E-state index in [1.54, 1.807) is 6.07 Å². The van der Waals surface area contributed by atoms with Crippen molar-refractivity contribution >= 4 is 27.1 Å². The molecule has 0 spiro atoms. The van der Waals surface area contributed by atoms with Crippen molar-refractivity contribution in [1.29, 1.82) is 0 Å². The van der Waals surface area contributed by atoms with E-state index in [2.05, 4.69) is 17.6 Å². The van der Waals surface area contributed by atoms with Gasteiger partial charge in [-0.25, -0.2) is 13.6 Å². The Morgan fingerprint density at radius 3 is 2.43 bits per heavy atom. The van der Waals surface area contributed by atoms with Crippen LogP contribution < -0.4 is 15.8 Å². The van der Waals surface area contributed by atoms with Crippen LogP contribution >= 0.6 is 0 Å². The number of primary sulfonamides is 1. The van der Waals surface area contributed by atoms with E-state index in [0.29, 0.717) is 5.69 Å². The minimum absolute atomic E-state index is 0.0975. The Bertz CT molecular complexity index is 759. The van der Waals surface area contributed by atoms with E-state index in [9.17, 15) is 8.42 Å². The van der Waals surface area contributed by atoms with Gasteiger partial charge in [-0.15, -0.1) is 0 Å². The highest BCUT2D eigenvalue weighted by molar-refractivity contribution is 7.89. The summed E-state index contributed by atoms with van der Waals surface area (Å²) in [5.41, 5.74) is 2.87. The van der Waals surface area contributed by atoms with Crippen LogP contribution in [0.4, 0.5) is 17.1 Å². The van der Waals surface area contributed by atoms with Gasteiger partial charge in [0, 0.05) is 12.2 Å². The van der Waals surface area contributed by atoms with Crippen LogP contribution in [0.1, 0.15) is 25.3 Å². The molecule has 6 heteroatoms. The Hall–Kier alpha value is -2.05. The number of unbranched alkanes of at least 4 members (excludes halogenated alkanes) is 1. The molecule has 0 fully saturated rings. The van der Waals surface area contributed by atoms with Gasteiger partial charge in [0.2, 0.25) is 10.0 Å². The zero-order valence-electron chi connectivity index (χ0n) is 13.5. The van der Waals surface area contributed by atoms with Crippen molar-refractivity contribution in [2.75, 3.05) is 17.2 Å². The Morgan fingerprint density at radius 2 is 1.83 bits per heavy atom. The molecular formula is C17H23N3O2S. The molecule has 0 aliphatic rings. The molecule has 0 aliphatic carbocycles. The van der Waals surface area contributed by atoms with Crippen LogP contribution in [0.25, 0.3) is 0 Å². The maximum atomic E-state index is 12.0. The van der Waals surface area contributed by atoms with Crippen LogP contribution in [0.3, 0.4) is 0 Å². The van der Waals surface area contributed by atoms with Crippen molar-refractivity contribution in [2.24, 2.45) is 5.14 Å². The molecule has 0 amide bonds. The van der Waals surface area contributed by atoms with Gasteiger partial charge in [-0.05, 0) is 43.2 Å². The average Bonchev–Trinajstić information content (AvgIpc) is 2.49. The minimum Gasteiger partial charge on any atom is -0.383 e. The van der Waals surface area contributed by atoms with E-state index in [4.69, 9.17) is 5.14 Å². The monoisotopic (exact) mass is 333 g/mol. The molecule has 0 saturated carbocycles. The van der Waals surface area contributed by atoms with Crippen LogP contribution in [0.5, 0.6) is 0 Å². The van der Waals surface area contributed by atoms with Crippen LogP contribution in [-0.2, 0) is 10.0 Å². The Balaban J connectivity index is 2.49. The highest BCUT2D eigenvalue weighted by Crippen LogP contribution is 2.33. The summed E-state index contributed by atoms with van der Waals surface area (Å²) in [6.45, 7) is 4.73. The van der Waals surface area contributed by atoms with Gasteiger partial charge in [-0.1, -0.05) is 31.5 Å². The number of nitrogens with two attached hydrogens (primary N) is 1. The van der Waals surface area contributed by atoms with Crippen molar-refractivity contribution in [1.82, 2.24) is 0 Å². The number of rotatable bonds is 7. The summed E-state index contributed by atoms with van der Waals surface area (Å²) < 4.78 is 24.0. The van der Waals surface area contributed by atoms with Gasteiger partial charge in [0.05, 0.1) is 11.4 Å². The quantitative estimate of drug-likeness (QED) is 0.676. The first-order valence-electron chi connectivity index (χ1n) is 7.65. The van der Waals surface area contributed by atoms with Crippen LogP contribution in [-0.4, -0.2) is 15.0 Å². The molecule has 2 aromatic carbocycles. The number of nitrogens with one attached hydrogen (secondary N) is 2. The van der Waals surface area contributed by atoms with Crippen molar-refractivity contribution in [3.05, 3.63) is 48.0 Å². The lowest BCUT2D eigenvalue weighted by atomic mass is 10.1. The third-order valence-corrected chi connectivity index (χ3v) is 4.38. The molecule has 5 nitrogen and oxygen atoms in total. The normalized spacial score (nSPS) is 11.3. The molecule has 0 aromatic heterocycles. The van der Waals surface area contributed by atoms with Crippen LogP contribution in [0, 0.1) is 6.92 Å². The van der Waals surface area contributed by atoms with Gasteiger partial charge in [-0.2, -0.15) is 0 Å². The molecule has 0 radical (unpaired) electrons. The second kappa shape index (κ2) is 7.48. The average molecular weight is 333 g/mol. The Labute approximate surface area is 138 Å². The molecule has 0 saturated heterocycles. The van der Waals surface area contributed by atoms with Gasteiger partial charge in [0.15, 0.2) is 0 Å². The minimum atomic E-state index is -3.83. The molecule has 23 heavy (non-hydrogen) atoms. The largest absolute Gasteiger partial charge is 0.383 e. The Kier molecular flexibility index (Phi) is 5.63. The van der Waals surface area contributed by atoms with E-state index in [-0.39, 0.29) is 4.90 Å². The highest BCUT2D eigenvalue weighted by atomic mass is 32.2. The number of benzene rings is 2. The number of aryl methyl sites for hydroxylation is 1. The lowest BCUT2D eigenvalue weighted by Crippen LogP contribution is -2.16. The number of para-hydroxylation sites is 1. The maximum absolute atomic E-state index is 12.0. The first-order chi connectivity index (χ1) is 10.9. The van der Waals surface area contributed by atoms with Crippen LogP contribution in [0.15, 0.2) is 47.4 Å². The third-order valence-electron chi connectivity index (χ3n) is 3.44. The molecule has 0 bridgehead atoms. The third kappa shape index (κ3) is 4.71. The molecule has 2 rings (SSSR count). The smallest absolute Gasteiger partial charge is 0.240 e. The topological polar surface area (TPSA) is 84.2 Å². The van der Waals surface area contributed by atoms with E-state index in [1.807, 2.05) is 43.3 Å². The van der Waals surface area contributed by atoms with Crippen molar-refractivity contribution < 1.29 is 8.42 Å². The van der Waals surface area contributed by atoms with Crippen molar-refractivity contribution in [3.8, 4) is 0 Å². The zero-order valence-corrected chi connectivity index (χ0v) is 14.3. The number of hydrogen-bond acceptors (Lipinski definition) is 4. The number of anilines is 3. The van der Waals surface area contributed by atoms with Crippen LogP contribution in [0.2, 0.25) is 0 Å². The number of hydrogen-bond donors (Lipinski definition) is 3. The number of sulfonamides is 1. The van der Waals surface area contributed by atoms with Gasteiger partial charge in [0.1, 0.15) is 4.90 Å². The molecule has 0 atom stereocenters. The van der Waals surface area contributed by atoms with E-state index < -0.39 is 10.0 Å². The molecule has 4 N–H and O–H groups in total. The fraction of sp³-hybridized carbons (Fsp3) is 0.294. The summed E-state index contributed by atoms with van der Waals surface area (Å²) in [6.07, 6.45) is 2.06. The molecule has 124 valence electrons. The first kappa shape index (κ1) is 17.3. The van der Waals surface area contributed by atoms with Gasteiger partial charge >= 0.3 is 0 Å². The summed E-state index contributed by atoms with van der Waals surface area (Å²) in [5.74, 6) is 0. The zero-order chi connectivity index (χ0) is 16.9. The van der Waals surface area contributed by atoms with E-state index >= 15 is 0 Å². The van der Waals surface area contributed by atoms with Gasteiger partial charge in [0.25, 0.3) is 0 Å². The van der Waals surface area contributed by atoms with E-state index in [0.717, 1.165) is 36.3 Å². The summed E-state index contributed by atoms with van der Waals surface area (Å²) in [5, 5.41) is 11.9. The fourth-order valence-electron chi connectivity index (χ4n) is 2.31. The fourth-order valence-corrected chi connectivity index (χ4v) is 3.11. The maximum Gasteiger partial charge on any atom is 0.240 e. The molecule has 0 aliphatic heterocycles. The predicted octanol–water partition coefficient (Wildman–Crippen LogP) is 3.60. The highest BCUT2D eigenvalue weighted by Gasteiger charge is 2.18. The van der Waals surface area contributed by atoms with Gasteiger partial charge < -0.3 is 10.6 Å². The second-order valence-corrected chi connectivity index (χ2v) is 7.03.